The molecule has 0 spiro atoms. The van der Waals surface area contributed by atoms with Gasteiger partial charge < -0.3 is 0 Å². The molecule has 1 aromatic heterocycles. The van der Waals surface area contributed by atoms with Crippen LogP contribution in [-0.2, 0) is 13.0 Å². The highest BCUT2D eigenvalue weighted by Gasteiger charge is 2.22. The Morgan fingerprint density at radius 3 is 3.06 bits per heavy atom. The third-order valence-electron chi connectivity index (χ3n) is 3.94. The van der Waals surface area contributed by atoms with Gasteiger partial charge in [-0.15, -0.1) is 11.3 Å². The van der Waals surface area contributed by atoms with Crippen molar-refractivity contribution in [1.29, 1.82) is 0 Å². The van der Waals surface area contributed by atoms with Crippen molar-refractivity contribution in [2.24, 2.45) is 5.92 Å². The number of hydrogen-bond acceptors (Lipinski definition) is 3. The van der Waals surface area contributed by atoms with Gasteiger partial charge in [0.15, 0.2) is 5.51 Å². The molecule has 1 fully saturated rings. The summed E-state index contributed by atoms with van der Waals surface area (Å²) in [4.78, 5) is 8.39. The van der Waals surface area contributed by atoms with E-state index in [0.29, 0.717) is 0 Å². The lowest BCUT2D eigenvalue weighted by Gasteiger charge is -2.31. The van der Waals surface area contributed by atoms with Crippen LogP contribution >= 0.6 is 11.3 Å². The first-order valence-corrected chi connectivity index (χ1v) is 7.30. The van der Waals surface area contributed by atoms with Crippen LogP contribution in [0.15, 0.2) is 0 Å². The molecule has 16 heavy (non-hydrogen) atoms. The largest absolute Gasteiger partial charge is 0.298 e. The molecule has 0 bridgehead atoms. The minimum absolute atomic E-state index is 0.965. The summed E-state index contributed by atoms with van der Waals surface area (Å²) < 4.78 is 0. The van der Waals surface area contributed by atoms with Gasteiger partial charge in [0.2, 0.25) is 0 Å². The minimum atomic E-state index is 0.965. The number of rotatable bonds is 2. The molecule has 1 saturated carbocycles. The summed E-state index contributed by atoms with van der Waals surface area (Å²) in [6, 6.07) is 0. The van der Waals surface area contributed by atoms with E-state index in [1.54, 1.807) is 11.3 Å². The van der Waals surface area contributed by atoms with Crippen LogP contribution in [0.3, 0.4) is 0 Å². The molecule has 1 aliphatic carbocycles. The van der Waals surface area contributed by atoms with Gasteiger partial charge in [0.25, 0.3) is 0 Å². The Morgan fingerprint density at radius 1 is 1.31 bits per heavy atom. The molecule has 0 unspecified atom stereocenters. The van der Waals surface area contributed by atoms with Crippen LogP contribution in [0.4, 0.5) is 0 Å². The summed E-state index contributed by atoms with van der Waals surface area (Å²) in [5, 5.41) is 0. The van der Waals surface area contributed by atoms with Gasteiger partial charge in [0.1, 0.15) is 0 Å². The zero-order valence-electron chi connectivity index (χ0n) is 9.74. The van der Waals surface area contributed by atoms with Crippen LogP contribution in [0.1, 0.15) is 42.7 Å². The zero-order chi connectivity index (χ0) is 10.8. The lowest BCUT2D eigenvalue weighted by Crippen LogP contribution is -2.34. The second-order valence-corrected chi connectivity index (χ2v) is 6.04. The number of hydrogen-bond donors (Lipinski definition) is 0. The SMILES string of the molecule is [c]1nc2c(s1)CN(CC1CCCCC1)CC2. The fourth-order valence-electron chi connectivity index (χ4n) is 3.01. The highest BCUT2D eigenvalue weighted by Crippen LogP contribution is 2.27. The highest BCUT2D eigenvalue weighted by molar-refractivity contribution is 7.09. The normalized spacial score (nSPS) is 23.2. The molecule has 0 atom stereocenters. The Balaban J connectivity index is 1.57. The maximum atomic E-state index is 4.30. The lowest BCUT2D eigenvalue weighted by atomic mass is 9.88. The fraction of sp³-hybridized carbons (Fsp3) is 0.769. The van der Waals surface area contributed by atoms with Crippen molar-refractivity contribution in [3.05, 3.63) is 16.1 Å². The van der Waals surface area contributed by atoms with E-state index in [9.17, 15) is 0 Å². The van der Waals surface area contributed by atoms with Gasteiger partial charge in [-0.2, -0.15) is 0 Å². The van der Waals surface area contributed by atoms with Crippen molar-refractivity contribution in [2.45, 2.75) is 45.1 Å². The van der Waals surface area contributed by atoms with E-state index in [0.717, 1.165) is 18.9 Å². The Hall–Kier alpha value is -0.410. The van der Waals surface area contributed by atoms with Crippen molar-refractivity contribution < 1.29 is 0 Å². The topological polar surface area (TPSA) is 16.1 Å². The second-order valence-electron chi connectivity index (χ2n) is 5.16. The number of fused-ring (bicyclic) bond motifs is 1. The number of nitrogens with zero attached hydrogens (tertiary/aromatic N) is 2. The van der Waals surface area contributed by atoms with Crippen molar-refractivity contribution in [3.63, 3.8) is 0 Å². The van der Waals surface area contributed by atoms with Crippen LogP contribution in [-0.4, -0.2) is 23.0 Å². The van der Waals surface area contributed by atoms with Crippen LogP contribution in [0, 0.1) is 11.4 Å². The predicted octanol–water partition coefficient (Wildman–Crippen LogP) is 2.88. The minimum Gasteiger partial charge on any atom is -0.298 e. The van der Waals surface area contributed by atoms with Crippen LogP contribution < -0.4 is 0 Å². The molecule has 3 heteroatoms. The molecule has 0 N–H and O–H groups in total. The third kappa shape index (κ3) is 2.30. The molecule has 0 saturated heterocycles. The fourth-order valence-corrected chi connectivity index (χ4v) is 3.79. The molecule has 0 aromatic carbocycles. The Morgan fingerprint density at radius 2 is 2.19 bits per heavy atom. The Bertz CT molecular complexity index is 341. The second kappa shape index (κ2) is 4.84. The maximum Gasteiger partial charge on any atom is 0.152 e. The Labute approximate surface area is 102 Å². The smallest absolute Gasteiger partial charge is 0.152 e. The standard InChI is InChI=1S/C13H19N2S/c1-2-4-11(5-3-1)8-15-7-6-12-13(9-15)16-10-14-12/h11H,1-9H2. The van der Waals surface area contributed by atoms with Crippen molar-refractivity contribution in [1.82, 2.24) is 9.88 Å². The van der Waals surface area contributed by atoms with Gasteiger partial charge in [-0.05, 0) is 18.8 Å². The monoisotopic (exact) mass is 235 g/mol. The summed E-state index contributed by atoms with van der Waals surface area (Å²) in [5.74, 6) is 0.965. The summed E-state index contributed by atoms with van der Waals surface area (Å²) >= 11 is 1.71. The molecule has 0 amide bonds. The van der Waals surface area contributed by atoms with Gasteiger partial charge in [0, 0.05) is 30.9 Å². The van der Waals surface area contributed by atoms with Gasteiger partial charge in [0.05, 0.1) is 5.69 Å². The molecular formula is C13H19N2S. The first kappa shape index (κ1) is 10.7. The Kier molecular flexibility index (Phi) is 3.25. The van der Waals surface area contributed by atoms with E-state index in [1.165, 1.54) is 55.8 Å². The van der Waals surface area contributed by atoms with E-state index < -0.39 is 0 Å². The number of aromatic nitrogens is 1. The van der Waals surface area contributed by atoms with Crippen LogP contribution in [0.2, 0.25) is 0 Å². The van der Waals surface area contributed by atoms with E-state index >= 15 is 0 Å². The van der Waals surface area contributed by atoms with E-state index in [1.807, 2.05) is 0 Å². The molecule has 1 aromatic rings. The van der Waals surface area contributed by atoms with Crippen molar-refractivity contribution in [3.8, 4) is 0 Å². The molecule has 1 aliphatic heterocycles. The molecular weight excluding hydrogens is 216 g/mol. The van der Waals surface area contributed by atoms with Crippen LogP contribution in [0.25, 0.3) is 0 Å². The van der Waals surface area contributed by atoms with Crippen molar-refractivity contribution in [2.75, 3.05) is 13.1 Å². The van der Waals surface area contributed by atoms with Gasteiger partial charge in [-0.1, -0.05) is 19.3 Å². The first-order chi connectivity index (χ1) is 7.92. The van der Waals surface area contributed by atoms with E-state index in [-0.39, 0.29) is 0 Å². The predicted molar refractivity (Wildman–Crippen MR) is 66.5 cm³/mol. The average molecular weight is 235 g/mol. The molecule has 2 nitrogen and oxygen atoms in total. The summed E-state index contributed by atoms with van der Waals surface area (Å²) in [7, 11) is 0. The summed E-state index contributed by atoms with van der Waals surface area (Å²) in [6.07, 6.45) is 8.43. The summed E-state index contributed by atoms with van der Waals surface area (Å²) in [5.41, 5.74) is 4.34. The van der Waals surface area contributed by atoms with Gasteiger partial charge in [-0.3, -0.25) is 4.90 Å². The molecule has 2 aliphatic rings. The lowest BCUT2D eigenvalue weighted by molar-refractivity contribution is 0.188. The maximum absolute atomic E-state index is 4.30. The van der Waals surface area contributed by atoms with Gasteiger partial charge >= 0.3 is 0 Å². The van der Waals surface area contributed by atoms with Crippen LogP contribution in [0.5, 0.6) is 0 Å². The highest BCUT2D eigenvalue weighted by atomic mass is 32.1. The average Bonchev–Trinajstić information content (AvgIpc) is 2.77. The van der Waals surface area contributed by atoms with Gasteiger partial charge in [-0.25, -0.2) is 4.98 Å². The molecule has 87 valence electrons. The molecule has 1 radical (unpaired) electrons. The zero-order valence-corrected chi connectivity index (χ0v) is 10.6. The molecule has 2 heterocycles. The number of thiazole rings is 1. The third-order valence-corrected chi connectivity index (χ3v) is 4.74. The quantitative estimate of drug-likeness (QED) is 0.783. The van der Waals surface area contributed by atoms with E-state index in [2.05, 4.69) is 15.4 Å². The summed E-state index contributed by atoms with van der Waals surface area (Å²) in [6.45, 7) is 3.66. The van der Waals surface area contributed by atoms with Crippen molar-refractivity contribution >= 4 is 11.3 Å². The van der Waals surface area contributed by atoms with E-state index in [4.69, 9.17) is 0 Å². The molecule has 3 rings (SSSR count). The first-order valence-electron chi connectivity index (χ1n) is 6.49.